The number of halogens is 3. The Morgan fingerprint density at radius 1 is 1.08 bits per heavy atom. The molecule has 0 spiro atoms. The summed E-state index contributed by atoms with van der Waals surface area (Å²) in [4.78, 5) is 12.1. The first-order valence-electron chi connectivity index (χ1n) is 8.05. The van der Waals surface area contributed by atoms with Crippen molar-refractivity contribution in [3.05, 3.63) is 59.7 Å². The van der Waals surface area contributed by atoms with Crippen molar-refractivity contribution in [1.29, 1.82) is 0 Å². The summed E-state index contributed by atoms with van der Waals surface area (Å²) in [6.45, 7) is 1.66. The monoisotopic (exact) mass is 367 g/mol. The van der Waals surface area contributed by atoms with Crippen LogP contribution in [0.4, 0.5) is 13.2 Å². The second-order valence-corrected chi connectivity index (χ2v) is 5.63. The molecule has 26 heavy (non-hydrogen) atoms. The summed E-state index contributed by atoms with van der Waals surface area (Å²) in [5.74, 6) is 0.763. The molecule has 0 aliphatic rings. The smallest absolute Gasteiger partial charge is 0.416 e. The molecule has 0 fully saturated rings. The van der Waals surface area contributed by atoms with Crippen LogP contribution in [0.3, 0.4) is 0 Å². The molecule has 0 bridgehead atoms. The van der Waals surface area contributed by atoms with Crippen molar-refractivity contribution < 1.29 is 27.4 Å². The summed E-state index contributed by atoms with van der Waals surface area (Å²) >= 11 is 0. The highest BCUT2D eigenvalue weighted by molar-refractivity contribution is 5.80. The molecular weight excluding hydrogens is 347 g/mol. The summed E-state index contributed by atoms with van der Waals surface area (Å²) in [6, 6.07) is 12.1. The fourth-order valence-corrected chi connectivity index (χ4v) is 2.39. The number of methoxy groups -OCH3 is 1. The predicted molar refractivity (Wildman–Crippen MR) is 91.2 cm³/mol. The molecule has 1 atom stereocenters. The van der Waals surface area contributed by atoms with Crippen LogP contribution in [0.1, 0.15) is 18.1 Å². The first-order chi connectivity index (χ1) is 12.3. The topological polar surface area (TPSA) is 47.6 Å². The van der Waals surface area contributed by atoms with Crippen molar-refractivity contribution in [2.45, 2.75) is 25.6 Å². The van der Waals surface area contributed by atoms with E-state index in [2.05, 4.69) is 5.32 Å². The first-order valence-corrected chi connectivity index (χ1v) is 8.05. The highest BCUT2D eigenvalue weighted by atomic mass is 19.4. The summed E-state index contributed by atoms with van der Waals surface area (Å²) < 4.78 is 49.4. The van der Waals surface area contributed by atoms with Crippen LogP contribution in [0.25, 0.3) is 0 Å². The van der Waals surface area contributed by atoms with Gasteiger partial charge in [-0.05, 0) is 49.2 Å². The first kappa shape index (κ1) is 19.6. The summed E-state index contributed by atoms with van der Waals surface area (Å²) in [5.41, 5.74) is -0.541. The SMILES string of the molecule is COc1ccc(OC(C)C(=O)NCCc2ccccc2C(F)(F)F)cc1. The van der Waals surface area contributed by atoms with Gasteiger partial charge in [-0.25, -0.2) is 0 Å². The van der Waals surface area contributed by atoms with E-state index in [4.69, 9.17) is 9.47 Å². The number of benzene rings is 2. The number of hydrogen-bond acceptors (Lipinski definition) is 3. The van der Waals surface area contributed by atoms with Crippen LogP contribution in [-0.2, 0) is 17.4 Å². The van der Waals surface area contributed by atoms with Crippen LogP contribution in [0.5, 0.6) is 11.5 Å². The fourth-order valence-electron chi connectivity index (χ4n) is 2.39. The molecule has 0 saturated heterocycles. The molecule has 2 aromatic rings. The predicted octanol–water partition coefficient (Wildman–Crippen LogP) is 3.84. The van der Waals surface area contributed by atoms with Gasteiger partial charge in [0.15, 0.2) is 6.10 Å². The number of rotatable bonds is 7. The minimum absolute atomic E-state index is 0.0800. The van der Waals surface area contributed by atoms with Crippen molar-refractivity contribution in [2.24, 2.45) is 0 Å². The standard InChI is InChI=1S/C19H20F3NO3/c1-13(26-16-9-7-15(25-2)8-10-16)18(24)23-12-11-14-5-3-4-6-17(14)19(20,21)22/h3-10,13H,11-12H2,1-2H3,(H,23,24). The van der Waals surface area contributed by atoms with E-state index >= 15 is 0 Å². The van der Waals surface area contributed by atoms with Crippen LogP contribution >= 0.6 is 0 Å². The van der Waals surface area contributed by atoms with E-state index in [-0.39, 0.29) is 18.5 Å². The minimum atomic E-state index is -4.41. The van der Waals surface area contributed by atoms with Crippen LogP contribution in [0.15, 0.2) is 48.5 Å². The van der Waals surface area contributed by atoms with Gasteiger partial charge in [-0.1, -0.05) is 18.2 Å². The number of amides is 1. The minimum Gasteiger partial charge on any atom is -0.497 e. The van der Waals surface area contributed by atoms with Gasteiger partial charge in [-0.3, -0.25) is 4.79 Å². The molecule has 1 unspecified atom stereocenters. The highest BCUT2D eigenvalue weighted by Crippen LogP contribution is 2.31. The molecule has 1 N–H and O–H groups in total. The molecule has 7 heteroatoms. The number of carbonyl (C=O) groups excluding carboxylic acids is 1. The van der Waals surface area contributed by atoms with Crippen molar-refractivity contribution in [3.63, 3.8) is 0 Å². The number of carbonyl (C=O) groups is 1. The third-order valence-electron chi connectivity index (χ3n) is 3.76. The van der Waals surface area contributed by atoms with Crippen molar-refractivity contribution >= 4 is 5.91 Å². The molecule has 0 aromatic heterocycles. The van der Waals surface area contributed by atoms with Gasteiger partial charge in [0.1, 0.15) is 11.5 Å². The Morgan fingerprint density at radius 2 is 1.69 bits per heavy atom. The van der Waals surface area contributed by atoms with Crippen molar-refractivity contribution in [3.8, 4) is 11.5 Å². The second-order valence-electron chi connectivity index (χ2n) is 5.63. The van der Waals surface area contributed by atoms with Gasteiger partial charge in [0, 0.05) is 6.54 Å². The maximum Gasteiger partial charge on any atom is 0.416 e. The van der Waals surface area contributed by atoms with Gasteiger partial charge in [-0.2, -0.15) is 13.2 Å². The average Bonchev–Trinajstić information content (AvgIpc) is 2.61. The van der Waals surface area contributed by atoms with Gasteiger partial charge in [0.05, 0.1) is 12.7 Å². The molecule has 2 rings (SSSR count). The molecule has 2 aromatic carbocycles. The zero-order valence-electron chi connectivity index (χ0n) is 14.5. The van der Waals surface area contributed by atoms with Gasteiger partial charge < -0.3 is 14.8 Å². The van der Waals surface area contributed by atoms with Gasteiger partial charge in [-0.15, -0.1) is 0 Å². The van der Waals surface area contributed by atoms with E-state index in [0.29, 0.717) is 11.5 Å². The van der Waals surface area contributed by atoms with Crippen LogP contribution in [0.2, 0.25) is 0 Å². The van der Waals surface area contributed by atoms with Crippen molar-refractivity contribution in [1.82, 2.24) is 5.32 Å². The largest absolute Gasteiger partial charge is 0.497 e. The molecule has 0 radical (unpaired) electrons. The Kier molecular flexibility index (Phi) is 6.49. The molecule has 0 aliphatic carbocycles. The van der Waals surface area contributed by atoms with E-state index in [9.17, 15) is 18.0 Å². The van der Waals surface area contributed by atoms with E-state index < -0.39 is 23.8 Å². The Labute approximate surface area is 149 Å². The van der Waals surface area contributed by atoms with Crippen LogP contribution < -0.4 is 14.8 Å². The number of alkyl halides is 3. The lowest BCUT2D eigenvalue weighted by Gasteiger charge is -2.16. The molecule has 0 aliphatic heterocycles. The molecular formula is C19H20F3NO3. The molecule has 140 valence electrons. The average molecular weight is 367 g/mol. The fraction of sp³-hybridized carbons (Fsp3) is 0.316. The summed E-state index contributed by atoms with van der Waals surface area (Å²) in [6.07, 6.45) is -5.11. The van der Waals surface area contributed by atoms with E-state index in [1.807, 2.05) is 0 Å². The van der Waals surface area contributed by atoms with E-state index in [1.165, 1.54) is 12.1 Å². The van der Waals surface area contributed by atoms with Crippen molar-refractivity contribution in [2.75, 3.05) is 13.7 Å². The third kappa shape index (κ3) is 5.40. The molecule has 1 amide bonds. The van der Waals surface area contributed by atoms with E-state index in [1.54, 1.807) is 44.4 Å². The molecule has 4 nitrogen and oxygen atoms in total. The normalized spacial score (nSPS) is 12.3. The lowest BCUT2D eigenvalue weighted by Crippen LogP contribution is -2.37. The zero-order valence-corrected chi connectivity index (χ0v) is 14.5. The molecule has 0 heterocycles. The summed E-state index contributed by atoms with van der Waals surface area (Å²) in [7, 11) is 1.54. The Bertz CT molecular complexity index is 730. The Morgan fingerprint density at radius 3 is 2.31 bits per heavy atom. The zero-order chi connectivity index (χ0) is 19.2. The Hall–Kier alpha value is -2.70. The maximum atomic E-state index is 12.9. The van der Waals surface area contributed by atoms with Crippen LogP contribution in [0, 0.1) is 0 Å². The van der Waals surface area contributed by atoms with E-state index in [0.717, 1.165) is 6.07 Å². The van der Waals surface area contributed by atoms with Gasteiger partial charge in [0.2, 0.25) is 0 Å². The quantitative estimate of drug-likeness (QED) is 0.809. The van der Waals surface area contributed by atoms with Crippen LogP contribution in [-0.4, -0.2) is 25.7 Å². The van der Waals surface area contributed by atoms with Gasteiger partial charge >= 0.3 is 6.18 Å². The Balaban J connectivity index is 1.86. The summed E-state index contributed by atoms with van der Waals surface area (Å²) in [5, 5.41) is 2.60. The van der Waals surface area contributed by atoms with Gasteiger partial charge in [0.25, 0.3) is 5.91 Å². The number of ether oxygens (including phenoxy) is 2. The lowest BCUT2D eigenvalue weighted by atomic mass is 10.0. The molecule has 0 saturated carbocycles. The maximum absolute atomic E-state index is 12.9. The third-order valence-corrected chi connectivity index (χ3v) is 3.76. The number of hydrogen-bond donors (Lipinski definition) is 1. The number of nitrogens with one attached hydrogen (secondary N) is 1. The second kappa shape index (κ2) is 8.60. The lowest BCUT2D eigenvalue weighted by molar-refractivity contribution is -0.138. The highest BCUT2D eigenvalue weighted by Gasteiger charge is 2.32.